The summed E-state index contributed by atoms with van der Waals surface area (Å²) in [5, 5.41) is 12.6. The molecule has 0 aliphatic heterocycles. The Labute approximate surface area is 291 Å². The Morgan fingerprint density at radius 3 is 1.30 bits per heavy atom. The van der Waals surface area contributed by atoms with E-state index in [4.69, 9.17) is 0 Å². The first kappa shape index (κ1) is 28.5. The molecule has 0 saturated carbocycles. The van der Waals surface area contributed by atoms with E-state index in [9.17, 15) is 0 Å². The quantitative estimate of drug-likeness (QED) is 0.169. The Balaban J connectivity index is 1.19. The Kier molecular flexibility index (Phi) is 6.60. The molecule has 0 N–H and O–H groups in total. The van der Waals surface area contributed by atoms with Gasteiger partial charge >= 0.3 is 0 Å². The van der Waals surface area contributed by atoms with Crippen LogP contribution >= 0.6 is 0 Å². The fourth-order valence-corrected chi connectivity index (χ4v) is 8.07. The summed E-state index contributed by atoms with van der Waals surface area (Å²) in [5.41, 5.74) is 10.0. The summed E-state index contributed by atoms with van der Waals surface area (Å²) >= 11 is 0. The van der Waals surface area contributed by atoms with Crippen LogP contribution in [0.4, 0.5) is 0 Å². The van der Waals surface area contributed by atoms with Crippen molar-refractivity contribution < 1.29 is 0 Å². The lowest BCUT2D eigenvalue weighted by Crippen LogP contribution is -1.92. The largest absolute Gasteiger partial charge is 0.0622 e. The van der Waals surface area contributed by atoms with Gasteiger partial charge in [0.25, 0.3) is 0 Å². The van der Waals surface area contributed by atoms with Crippen molar-refractivity contribution in [1.82, 2.24) is 0 Å². The molecule has 10 aromatic rings. The molecule has 0 bridgehead atoms. The highest BCUT2D eigenvalue weighted by atomic mass is 14.2. The third-order valence-corrected chi connectivity index (χ3v) is 10.4. The van der Waals surface area contributed by atoms with E-state index in [2.05, 4.69) is 194 Å². The van der Waals surface area contributed by atoms with Crippen LogP contribution in [0.3, 0.4) is 0 Å². The lowest BCUT2D eigenvalue weighted by molar-refractivity contribution is 1.64. The third kappa shape index (κ3) is 4.61. The lowest BCUT2D eigenvalue weighted by atomic mass is 9.83. The first-order chi connectivity index (χ1) is 24.8. The Morgan fingerprint density at radius 2 is 0.620 bits per heavy atom. The molecular formula is C50H32. The average molecular weight is 633 g/mol. The van der Waals surface area contributed by atoms with Gasteiger partial charge in [-0.2, -0.15) is 0 Å². The molecule has 0 aromatic heterocycles. The zero-order valence-electron chi connectivity index (χ0n) is 27.5. The number of hydrogen-bond acceptors (Lipinski definition) is 0. The van der Waals surface area contributed by atoms with Gasteiger partial charge in [0.05, 0.1) is 0 Å². The van der Waals surface area contributed by atoms with E-state index < -0.39 is 0 Å². The van der Waals surface area contributed by atoms with E-state index >= 15 is 0 Å². The summed E-state index contributed by atoms with van der Waals surface area (Å²) in [4.78, 5) is 0. The molecule has 0 amide bonds. The molecular weight excluding hydrogens is 601 g/mol. The summed E-state index contributed by atoms with van der Waals surface area (Å²) in [7, 11) is 0. The minimum Gasteiger partial charge on any atom is -0.0622 e. The van der Waals surface area contributed by atoms with E-state index in [1.54, 1.807) is 0 Å². The maximum atomic E-state index is 2.37. The normalized spacial score (nSPS) is 11.6. The van der Waals surface area contributed by atoms with Crippen LogP contribution in [0.15, 0.2) is 194 Å². The second kappa shape index (κ2) is 11.6. The van der Waals surface area contributed by atoms with Crippen LogP contribution in [0.25, 0.3) is 98.4 Å². The molecule has 0 heterocycles. The molecule has 0 spiro atoms. The summed E-state index contributed by atoms with van der Waals surface area (Å²) in [6.45, 7) is 0. The van der Waals surface area contributed by atoms with E-state index in [0.29, 0.717) is 0 Å². The van der Waals surface area contributed by atoms with Gasteiger partial charge in [0.1, 0.15) is 0 Å². The second-order valence-electron chi connectivity index (χ2n) is 13.3. The SMILES string of the molecule is c1ccc(-c2ccc3cc(-c4c5ccccc5c(-c5ccc(-c6ccc7ccccc7c6)c6ccccc56)c5ccccc45)ccc3c2)cc1. The van der Waals surface area contributed by atoms with Gasteiger partial charge in [-0.1, -0.05) is 176 Å². The van der Waals surface area contributed by atoms with Gasteiger partial charge in [-0.15, -0.1) is 0 Å². The van der Waals surface area contributed by atoms with Gasteiger partial charge in [-0.05, 0) is 117 Å². The Morgan fingerprint density at radius 1 is 0.200 bits per heavy atom. The summed E-state index contributed by atoms with van der Waals surface area (Å²) < 4.78 is 0. The van der Waals surface area contributed by atoms with E-state index in [1.165, 1.54) is 98.4 Å². The zero-order valence-corrected chi connectivity index (χ0v) is 27.5. The molecule has 10 aromatic carbocycles. The monoisotopic (exact) mass is 632 g/mol. The average Bonchev–Trinajstić information content (AvgIpc) is 3.19. The highest BCUT2D eigenvalue weighted by molar-refractivity contribution is 6.24. The third-order valence-electron chi connectivity index (χ3n) is 10.4. The van der Waals surface area contributed by atoms with Gasteiger partial charge in [0.2, 0.25) is 0 Å². The number of rotatable bonds is 4. The number of benzene rings is 10. The van der Waals surface area contributed by atoms with Crippen molar-refractivity contribution in [2.24, 2.45) is 0 Å². The second-order valence-corrected chi connectivity index (χ2v) is 13.3. The van der Waals surface area contributed by atoms with Gasteiger partial charge in [-0.25, -0.2) is 0 Å². The lowest BCUT2D eigenvalue weighted by Gasteiger charge is -2.20. The molecule has 0 atom stereocenters. The van der Waals surface area contributed by atoms with Gasteiger partial charge in [0.15, 0.2) is 0 Å². The van der Waals surface area contributed by atoms with Crippen LogP contribution in [0.1, 0.15) is 0 Å². The van der Waals surface area contributed by atoms with Crippen molar-refractivity contribution in [3.05, 3.63) is 194 Å². The molecule has 0 saturated heterocycles. The highest BCUT2D eigenvalue weighted by Gasteiger charge is 2.19. The highest BCUT2D eigenvalue weighted by Crippen LogP contribution is 2.47. The van der Waals surface area contributed by atoms with Crippen LogP contribution in [0.2, 0.25) is 0 Å². The summed E-state index contributed by atoms with van der Waals surface area (Å²) in [6, 6.07) is 71.3. The van der Waals surface area contributed by atoms with Crippen LogP contribution in [-0.4, -0.2) is 0 Å². The van der Waals surface area contributed by atoms with Crippen LogP contribution in [-0.2, 0) is 0 Å². The van der Waals surface area contributed by atoms with Crippen molar-refractivity contribution >= 4 is 53.9 Å². The van der Waals surface area contributed by atoms with Crippen molar-refractivity contribution in [2.75, 3.05) is 0 Å². The first-order valence-electron chi connectivity index (χ1n) is 17.3. The van der Waals surface area contributed by atoms with E-state index in [-0.39, 0.29) is 0 Å². The Bertz CT molecular complexity index is 2860. The van der Waals surface area contributed by atoms with Gasteiger partial charge in [-0.3, -0.25) is 0 Å². The molecule has 10 rings (SSSR count). The van der Waals surface area contributed by atoms with Crippen molar-refractivity contribution in [1.29, 1.82) is 0 Å². The maximum Gasteiger partial charge on any atom is -0.00201 e. The summed E-state index contributed by atoms with van der Waals surface area (Å²) in [6.07, 6.45) is 0. The Hall–Kier alpha value is -6.50. The summed E-state index contributed by atoms with van der Waals surface area (Å²) in [5.74, 6) is 0. The van der Waals surface area contributed by atoms with Crippen molar-refractivity contribution in [3.63, 3.8) is 0 Å². The van der Waals surface area contributed by atoms with Crippen LogP contribution in [0.5, 0.6) is 0 Å². The fraction of sp³-hybridized carbons (Fsp3) is 0. The van der Waals surface area contributed by atoms with Crippen molar-refractivity contribution in [3.8, 4) is 44.5 Å². The fourth-order valence-electron chi connectivity index (χ4n) is 8.07. The minimum atomic E-state index is 1.24. The minimum absolute atomic E-state index is 1.24. The predicted molar refractivity (Wildman–Crippen MR) is 216 cm³/mol. The molecule has 0 radical (unpaired) electrons. The molecule has 0 nitrogen and oxygen atoms in total. The van der Waals surface area contributed by atoms with Gasteiger partial charge in [0, 0.05) is 0 Å². The molecule has 0 aliphatic carbocycles. The van der Waals surface area contributed by atoms with E-state index in [1.807, 2.05) is 0 Å². The molecule has 50 heavy (non-hydrogen) atoms. The molecule has 0 unspecified atom stereocenters. The molecule has 0 fully saturated rings. The number of fused-ring (bicyclic) bond motifs is 5. The zero-order chi connectivity index (χ0) is 33.0. The smallest absolute Gasteiger partial charge is 0.00201 e. The number of hydrogen-bond donors (Lipinski definition) is 0. The topological polar surface area (TPSA) is 0 Å². The van der Waals surface area contributed by atoms with Crippen LogP contribution < -0.4 is 0 Å². The first-order valence-corrected chi connectivity index (χ1v) is 17.3. The van der Waals surface area contributed by atoms with E-state index in [0.717, 1.165) is 0 Å². The molecule has 232 valence electrons. The van der Waals surface area contributed by atoms with Crippen LogP contribution in [0, 0.1) is 0 Å². The maximum absolute atomic E-state index is 2.37. The van der Waals surface area contributed by atoms with Crippen molar-refractivity contribution in [2.45, 2.75) is 0 Å². The van der Waals surface area contributed by atoms with Gasteiger partial charge < -0.3 is 0 Å². The molecule has 0 aliphatic rings. The molecule has 0 heteroatoms. The predicted octanol–water partition coefficient (Wildman–Crippen LogP) is 14.1. The standard InChI is InChI=1S/C50H32/c1-2-12-33(13-3-1)36-23-24-38-32-40(27-25-37(38)30-36)49-44-18-8-10-20-46(44)50(47-21-11-9-19-45(47)49)48-29-28-41(42-16-6-7-17-43(42)48)39-26-22-34-14-4-5-15-35(34)31-39/h1-32H.